The van der Waals surface area contributed by atoms with Crippen LogP contribution in [0.4, 0.5) is 17.1 Å². The lowest BCUT2D eigenvalue weighted by Crippen LogP contribution is -2.29. The molecule has 1 heterocycles. The van der Waals surface area contributed by atoms with Gasteiger partial charge in [0.15, 0.2) is 0 Å². The highest BCUT2D eigenvalue weighted by Gasteiger charge is 2.41. The molecule has 0 fully saturated rings. The first-order valence-corrected chi connectivity index (χ1v) is 11.7. The Balaban J connectivity index is 1.23. The highest BCUT2D eigenvalue weighted by Crippen LogP contribution is 2.34. The van der Waals surface area contributed by atoms with Gasteiger partial charge < -0.3 is 9.47 Å². The molecule has 1 aliphatic rings. The number of rotatable bonds is 8. The summed E-state index contributed by atoms with van der Waals surface area (Å²) in [6.07, 6.45) is 0. The number of anilines is 1. The van der Waals surface area contributed by atoms with Gasteiger partial charge in [-0.15, -0.1) is 0 Å². The molecule has 4 aromatic rings. The fourth-order valence-electron chi connectivity index (χ4n) is 4.10. The van der Waals surface area contributed by atoms with Crippen molar-refractivity contribution in [2.45, 2.75) is 6.61 Å². The Morgan fingerprint density at radius 2 is 1.48 bits per heavy atom. The summed E-state index contributed by atoms with van der Waals surface area (Å²) in [5.74, 6) is -1.35. The monoisotopic (exact) mass is 539 g/mol. The third kappa shape index (κ3) is 4.96. The third-order valence-electron chi connectivity index (χ3n) is 6.00. The van der Waals surface area contributed by atoms with E-state index in [-0.39, 0.29) is 34.7 Å². The zero-order valence-electron chi connectivity index (χ0n) is 20.4. The number of carbonyl (C=O) groups is 3. The van der Waals surface area contributed by atoms with Gasteiger partial charge in [0.05, 0.1) is 26.7 Å². The number of nitro benzene ring substituents is 2. The summed E-state index contributed by atoms with van der Waals surface area (Å²) >= 11 is 0. The van der Waals surface area contributed by atoms with E-state index < -0.39 is 33.3 Å². The standard InChI is InChI=1S/C28H17N3O9/c32-26-23-5-2-6-24(31(37)38)25(23)27(33)29(26)19-9-7-18(8-10-19)28(34)39-16-17-3-1-4-22(15-17)40-21-13-11-20(12-14-21)30(35)36/h1-15H,16H2. The van der Waals surface area contributed by atoms with Gasteiger partial charge in [-0.3, -0.25) is 29.8 Å². The zero-order chi connectivity index (χ0) is 28.4. The van der Waals surface area contributed by atoms with Crippen molar-refractivity contribution in [1.82, 2.24) is 0 Å². The van der Waals surface area contributed by atoms with E-state index in [1.165, 1.54) is 60.7 Å². The van der Waals surface area contributed by atoms with Gasteiger partial charge in [-0.2, -0.15) is 0 Å². The normalized spacial score (nSPS) is 12.2. The van der Waals surface area contributed by atoms with Crippen LogP contribution in [0.15, 0.2) is 91.0 Å². The van der Waals surface area contributed by atoms with Gasteiger partial charge in [-0.25, -0.2) is 9.69 Å². The lowest BCUT2D eigenvalue weighted by molar-refractivity contribution is -0.385. The average Bonchev–Trinajstić information content (AvgIpc) is 3.21. The van der Waals surface area contributed by atoms with Gasteiger partial charge in [-0.1, -0.05) is 18.2 Å². The minimum Gasteiger partial charge on any atom is -0.457 e. The predicted octanol–water partition coefficient (Wildman–Crippen LogP) is 5.45. The van der Waals surface area contributed by atoms with Crippen molar-refractivity contribution in [2.24, 2.45) is 0 Å². The smallest absolute Gasteiger partial charge is 0.338 e. The first-order chi connectivity index (χ1) is 19.2. The van der Waals surface area contributed by atoms with Crippen LogP contribution in [0.3, 0.4) is 0 Å². The Hall–Kier alpha value is -5.91. The van der Waals surface area contributed by atoms with E-state index >= 15 is 0 Å². The summed E-state index contributed by atoms with van der Waals surface area (Å²) in [6, 6.07) is 21.7. The van der Waals surface area contributed by atoms with Crippen molar-refractivity contribution in [3.8, 4) is 11.5 Å². The number of nitrogens with zero attached hydrogens (tertiary/aromatic N) is 3. The number of nitro groups is 2. The Bertz CT molecular complexity index is 1680. The van der Waals surface area contributed by atoms with Gasteiger partial charge in [0, 0.05) is 18.2 Å². The second-order valence-electron chi connectivity index (χ2n) is 8.53. The number of hydrogen-bond donors (Lipinski definition) is 0. The number of non-ortho nitro benzene ring substituents is 1. The fourth-order valence-corrected chi connectivity index (χ4v) is 4.10. The maximum atomic E-state index is 12.9. The van der Waals surface area contributed by atoms with Gasteiger partial charge in [0.25, 0.3) is 23.2 Å². The average molecular weight is 539 g/mol. The van der Waals surface area contributed by atoms with Crippen LogP contribution in [-0.4, -0.2) is 27.6 Å². The fraction of sp³-hybridized carbons (Fsp3) is 0.0357. The first-order valence-electron chi connectivity index (χ1n) is 11.7. The highest BCUT2D eigenvalue weighted by atomic mass is 16.6. The highest BCUT2D eigenvalue weighted by molar-refractivity contribution is 6.35. The van der Waals surface area contributed by atoms with E-state index in [1.54, 1.807) is 24.3 Å². The van der Waals surface area contributed by atoms with Crippen LogP contribution >= 0.6 is 0 Å². The molecule has 0 aromatic heterocycles. The topological polar surface area (TPSA) is 159 Å². The number of hydrogen-bond acceptors (Lipinski definition) is 9. The molecular formula is C28H17N3O9. The molecule has 4 aromatic carbocycles. The Labute approximate surface area is 225 Å². The van der Waals surface area contributed by atoms with Crippen LogP contribution in [-0.2, 0) is 11.3 Å². The van der Waals surface area contributed by atoms with Crippen molar-refractivity contribution in [1.29, 1.82) is 0 Å². The Kier molecular flexibility index (Phi) is 6.72. The molecule has 1 aliphatic heterocycles. The van der Waals surface area contributed by atoms with Crippen LogP contribution in [0.1, 0.15) is 36.6 Å². The van der Waals surface area contributed by atoms with Crippen molar-refractivity contribution < 1.29 is 33.7 Å². The molecule has 5 rings (SSSR count). The maximum absolute atomic E-state index is 12.9. The Morgan fingerprint density at radius 1 is 0.775 bits per heavy atom. The molecule has 12 nitrogen and oxygen atoms in total. The summed E-state index contributed by atoms with van der Waals surface area (Å²) in [4.78, 5) is 60.0. The van der Waals surface area contributed by atoms with Gasteiger partial charge >= 0.3 is 5.97 Å². The molecule has 0 bridgehead atoms. The molecule has 0 aliphatic carbocycles. The number of carbonyl (C=O) groups excluding carboxylic acids is 3. The van der Waals surface area contributed by atoms with Gasteiger partial charge in [0.2, 0.25) is 0 Å². The van der Waals surface area contributed by atoms with Gasteiger partial charge in [0.1, 0.15) is 23.7 Å². The number of ether oxygens (including phenoxy) is 2. The molecule has 2 amide bonds. The van der Waals surface area contributed by atoms with Crippen LogP contribution in [0.5, 0.6) is 11.5 Å². The van der Waals surface area contributed by atoms with E-state index in [9.17, 15) is 34.6 Å². The molecule has 0 saturated heterocycles. The number of amides is 2. The van der Waals surface area contributed by atoms with Crippen LogP contribution in [0.25, 0.3) is 0 Å². The summed E-state index contributed by atoms with van der Waals surface area (Å²) in [7, 11) is 0. The molecule has 0 spiro atoms. The summed E-state index contributed by atoms with van der Waals surface area (Å²) in [5, 5.41) is 22.1. The van der Waals surface area contributed by atoms with E-state index in [4.69, 9.17) is 9.47 Å². The minimum atomic E-state index is -0.821. The zero-order valence-corrected chi connectivity index (χ0v) is 20.4. The molecule has 0 saturated carbocycles. The van der Waals surface area contributed by atoms with Crippen molar-refractivity contribution in [2.75, 3.05) is 4.90 Å². The Morgan fingerprint density at radius 3 is 2.15 bits per heavy atom. The van der Waals surface area contributed by atoms with Crippen molar-refractivity contribution in [3.05, 3.63) is 133 Å². The van der Waals surface area contributed by atoms with Gasteiger partial charge in [-0.05, 0) is 60.2 Å². The van der Waals surface area contributed by atoms with Crippen LogP contribution < -0.4 is 9.64 Å². The number of fused-ring (bicyclic) bond motifs is 1. The second-order valence-corrected chi connectivity index (χ2v) is 8.53. The number of benzene rings is 4. The molecule has 0 radical (unpaired) electrons. The second kappa shape index (κ2) is 10.5. The van der Waals surface area contributed by atoms with Crippen molar-refractivity contribution in [3.63, 3.8) is 0 Å². The largest absolute Gasteiger partial charge is 0.457 e. The first kappa shape index (κ1) is 25.7. The number of imide groups is 1. The predicted molar refractivity (Wildman–Crippen MR) is 139 cm³/mol. The molecule has 12 heteroatoms. The minimum absolute atomic E-state index is 0.0613. The number of esters is 1. The molecule has 198 valence electrons. The summed E-state index contributed by atoms with van der Waals surface area (Å²) < 4.78 is 11.1. The van der Waals surface area contributed by atoms with E-state index in [0.717, 1.165) is 11.0 Å². The molecule has 0 atom stereocenters. The molecule has 0 unspecified atom stereocenters. The summed E-state index contributed by atoms with van der Waals surface area (Å²) in [6.45, 7) is -0.0832. The van der Waals surface area contributed by atoms with Crippen LogP contribution in [0.2, 0.25) is 0 Å². The maximum Gasteiger partial charge on any atom is 0.338 e. The molecule has 0 N–H and O–H groups in total. The quantitative estimate of drug-likeness (QED) is 0.123. The summed E-state index contributed by atoms with van der Waals surface area (Å²) in [5.41, 5.74) is 0.0625. The van der Waals surface area contributed by atoms with Crippen LogP contribution in [0, 0.1) is 20.2 Å². The molecular weight excluding hydrogens is 522 g/mol. The SMILES string of the molecule is O=C(OCc1cccc(Oc2ccc([N+](=O)[O-])cc2)c1)c1ccc(N2C(=O)c3cccc([N+](=O)[O-])c3C2=O)cc1. The lowest BCUT2D eigenvalue weighted by Gasteiger charge is -2.14. The van der Waals surface area contributed by atoms with E-state index in [2.05, 4.69) is 0 Å². The van der Waals surface area contributed by atoms with E-state index in [1.807, 2.05) is 0 Å². The van der Waals surface area contributed by atoms with Crippen molar-refractivity contribution >= 4 is 34.8 Å². The third-order valence-corrected chi connectivity index (χ3v) is 6.00. The molecule has 40 heavy (non-hydrogen) atoms. The van der Waals surface area contributed by atoms with E-state index in [0.29, 0.717) is 17.1 Å². The lowest BCUT2D eigenvalue weighted by atomic mass is 10.1.